The van der Waals surface area contributed by atoms with Crippen LogP contribution in [0.15, 0.2) is 48.5 Å². The minimum Gasteiger partial charge on any atom is -0.481 e. The second-order valence-corrected chi connectivity index (χ2v) is 9.78. The highest BCUT2D eigenvalue weighted by atomic mass is 16.7. The number of nitrogens with zero attached hydrogens (tertiary/aromatic N) is 4. The standard InChI is InChI=1S/C28H31N5O7/c1-2-12-31-17-25(34)32-21(9-11-26(35)36)27(37)30(15-20-8-10-22-23(13-20)40-18-39-22)16-24(32)33(31)28(38)29-14-19-6-4-3-5-7-19/h1,3-8,10,13,21,24,28-29,38H,9,11-12,14-18H2,(H,35,36)/t21-,24-,28?/m0/s1. The summed E-state index contributed by atoms with van der Waals surface area (Å²) >= 11 is 0. The molecule has 0 spiro atoms. The molecule has 3 aliphatic rings. The topological polar surface area (TPSA) is 135 Å². The Labute approximate surface area is 231 Å². The molecule has 12 heteroatoms. The van der Waals surface area contributed by atoms with Gasteiger partial charge in [0.25, 0.3) is 0 Å². The second-order valence-electron chi connectivity index (χ2n) is 9.78. The van der Waals surface area contributed by atoms with E-state index in [0.717, 1.165) is 11.1 Å². The maximum Gasteiger partial charge on any atom is 0.303 e. The Morgan fingerprint density at radius 3 is 2.65 bits per heavy atom. The van der Waals surface area contributed by atoms with E-state index in [-0.39, 0.29) is 57.6 Å². The van der Waals surface area contributed by atoms with E-state index in [4.69, 9.17) is 15.9 Å². The molecule has 3 heterocycles. The zero-order valence-electron chi connectivity index (χ0n) is 21.8. The average Bonchev–Trinajstić information content (AvgIpc) is 3.41. The number of carbonyl (C=O) groups excluding carboxylic acids is 2. The minimum absolute atomic E-state index is 0.0516. The molecule has 0 aromatic heterocycles. The van der Waals surface area contributed by atoms with Gasteiger partial charge in [-0.25, -0.2) is 5.01 Å². The molecule has 0 radical (unpaired) electrons. The van der Waals surface area contributed by atoms with Gasteiger partial charge in [0.1, 0.15) is 12.2 Å². The zero-order chi connectivity index (χ0) is 28.2. The Morgan fingerprint density at radius 2 is 1.90 bits per heavy atom. The molecule has 3 N–H and O–H groups in total. The number of carboxylic acids is 1. The molecular formula is C28H31N5O7. The number of aliphatic hydroxyl groups excluding tert-OH is 1. The largest absolute Gasteiger partial charge is 0.481 e. The number of piperazine rings is 1. The number of rotatable bonds is 10. The fraction of sp³-hybridized carbons (Fsp3) is 0.393. The molecule has 1 unspecified atom stereocenters. The first-order chi connectivity index (χ1) is 19.4. The number of nitrogens with one attached hydrogen (secondary N) is 1. The lowest BCUT2D eigenvalue weighted by Gasteiger charge is -2.56. The quantitative estimate of drug-likeness (QED) is 0.282. The van der Waals surface area contributed by atoms with Gasteiger partial charge in [0.05, 0.1) is 19.6 Å². The number of aliphatic carboxylic acids is 1. The number of hydrogen-bond acceptors (Lipinski definition) is 9. The number of hydrogen-bond donors (Lipinski definition) is 3. The van der Waals surface area contributed by atoms with E-state index in [0.29, 0.717) is 18.0 Å². The highest BCUT2D eigenvalue weighted by Crippen LogP contribution is 2.34. The predicted octanol–water partition coefficient (Wildman–Crippen LogP) is 0.377. The van der Waals surface area contributed by atoms with Crippen molar-refractivity contribution >= 4 is 17.8 Å². The number of amides is 2. The summed E-state index contributed by atoms with van der Waals surface area (Å²) in [4.78, 5) is 41.5. The van der Waals surface area contributed by atoms with Crippen LogP contribution >= 0.6 is 0 Å². The minimum atomic E-state index is -1.25. The molecule has 210 valence electrons. The lowest BCUT2D eigenvalue weighted by Crippen LogP contribution is -2.77. The van der Waals surface area contributed by atoms with Gasteiger partial charge in [-0.3, -0.25) is 19.7 Å². The molecule has 0 aliphatic carbocycles. The van der Waals surface area contributed by atoms with E-state index in [1.54, 1.807) is 27.1 Å². The molecule has 3 aliphatic heterocycles. The highest BCUT2D eigenvalue weighted by molar-refractivity contribution is 5.90. The molecule has 3 atom stereocenters. The summed E-state index contributed by atoms with van der Waals surface area (Å²) in [7, 11) is 0. The van der Waals surface area contributed by atoms with Gasteiger partial charge in [-0.05, 0) is 29.7 Å². The van der Waals surface area contributed by atoms with Crippen molar-refractivity contribution in [3.05, 3.63) is 59.7 Å². The van der Waals surface area contributed by atoms with Gasteiger partial charge in [0.2, 0.25) is 18.6 Å². The molecular weight excluding hydrogens is 518 g/mol. The Balaban J connectivity index is 1.44. The Kier molecular flexibility index (Phi) is 8.18. The SMILES string of the molecule is C#CCN1CC(=O)N2[C@@H](CCC(=O)O)C(=O)N(Cc3ccc4c(c3)OCO4)C[C@@H]2N1C(O)NCc1ccccc1. The number of terminal acetylenes is 1. The predicted molar refractivity (Wildman–Crippen MR) is 141 cm³/mol. The van der Waals surface area contributed by atoms with Crippen LogP contribution in [-0.4, -0.2) is 92.8 Å². The number of ether oxygens (including phenoxy) is 2. The third kappa shape index (κ3) is 5.73. The molecule has 2 saturated heterocycles. The van der Waals surface area contributed by atoms with E-state index in [1.165, 1.54) is 4.90 Å². The lowest BCUT2D eigenvalue weighted by molar-refractivity contribution is -0.245. The van der Waals surface area contributed by atoms with Gasteiger partial charge in [-0.1, -0.05) is 42.3 Å². The normalized spacial score (nSPS) is 21.7. The number of carboxylic acid groups (broad SMARTS) is 1. The van der Waals surface area contributed by atoms with Crippen molar-refractivity contribution in [2.75, 3.05) is 26.4 Å². The van der Waals surface area contributed by atoms with Gasteiger partial charge in [-0.15, -0.1) is 6.42 Å². The summed E-state index contributed by atoms with van der Waals surface area (Å²) in [6.45, 7) is 0.596. The van der Waals surface area contributed by atoms with E-state index in [2.05, 4.69) is 11.2 Å². The van der Waals surface area contributed by atoms with Crippen molar-refractivity contribution in [2.24, 2.45) is 0 Å². The first-order valence-corrected chi connectivity index (χ1v) is 13.0. The summed E-state index contributed by atoms with van der Waals surface area (Å²) in [6, 6.07) is 13.9. The van der Waals surface area contributed by atoms with Crippen molar-refractivity contribution in [2.45, 2.75) is 44.5 Å². The maximum absolute atomic E-state index is 13.7. The van der Waals surface area contributed by atoms with Crippen LogP contribution in [0.5, 0.6) is 11.5 Å². The zero-order valence-corrected chi connectivity index (χ0v) is 21.8. The van der Waals surface area contributed by atoms with Crippen molar-refractivity contribution in [1.82, 2.24) is 25.1 Å². The highest BCUT2D eigenvalue weighted by Gasteiger charge is 2.51. The number of carbonyl (C=O) groups is 3. The van der Waals surface area contributed by atoms with Gasteiger partial charge < -0.3 is 29.5 Å². The number of aliphatic hydroxyl groups is 1. The van der Waals surface area contributed by atoms with Crippen LogP contribution in [0, 0.1) is 12.3 Å². The third-order valence-electron chi connectivity index (χ3n) is 7.17. The van der Waals surface area contributed by atoms with Crippen LogP contribution in [0.3, 0.4) is 0 Å². The van der Waals surface area contributed by atoms with E-state index >= 15 is 0 Å². The van der Waals surface area contributed by atoms with Gasteiger partial charge in [0.15, 0.2) is 17.9 Å². The van der Waals surface area contributed by atoms with Crippen LogP contribution in [0.4, 0.5) is 0 Å². The second kappa shape index (κ2) is 11.9. The number of hydrazine groups is 1. The number of benzene rings is 2. The van der Waals surface area contributed by atoms with Crippen LogP contribution < -0.4 is 14.8 Å². The van der Waals surface area contributed by atoms with Gasteiger partial charge in [-0.2, -0.15) is 5.01 Å². The summed E-state index contributed by atoms with van der Waals surface area (Å²) in [6.07, 6.45) is 3.20. The Morgan fingerprint density at radius 1 is 1.12 bits per heavy atom. The fourth-order valence-electron chi connectivity index (χ4n) is 5.36. The fourth-order valence-corrected chi connectivity index (χ4v) is 5.36. The summed E-state index contributed by atoms with van der Waals surface area (Å²) in [5.74, 6) is 1.92. The van der Waals surface area contributed by atoms with E-state index in [1.807, 2.05) is 36.4 Å². The number of fused-ring (bicyclic) bond motifs is 2. The van der Waals surface area contributed by atoms with Crippen LogP contribution in [0.25, 0.3) is 0 Å². The van der Waals surface area contributed by atoms with Gasteiger partial charge >= 0.3 is 5.97 Å². The van der Waals surface area contributed by atoms with Crippen LogP contribution in [0.2, 0.25) is 0 Å². The maximum atomic E-state index is 13.7. The summed E-state index contributed by atoms with van der Waals surface area (Å²) < 4.78 is 10.9. The monoisotopic (exact) mass is 549 g/mol. The Hall–Kier alpha value is -4.15. The molecule has 2 aromatic rings. The summed E-state index contributed by atoms with van der Waals surface area (Å²) in [5, 5.41) is 27.0. The molecule has 0 saturated carbocycles. The molecule has 40 heavy (non-hydrogen) atoms. The van der Waals surface area contributed by atoms with Crippen molar-refractivity contribution < 1.29 is 34.1 Å². The van der Waals surface area contributed by atoms with Crippen LogP contribution in [0.1, 0.15) is 24.0 Å². The third-order valence-corrected chi connectivity index (χ3v) is 7.17. The van der Waals surface area contributed by atoms with Crippen molar-refractivity contribution in [1.29, 1.82) is 0 Å². The van der Waals surface area contributed by atoms with Gasteiger partial charge in [0, 0.05) is 19.5 Å². The van der Waals surface area contributed by atoms with Crippen molar-refractivity contribution in [3.63, 3.8) is 0 Å². The first kappa shape index (κ1) is 27.4. The first-order valence-electron chi connectivity index (χ1n) is 13.0. The van der Waals surface area contributed by atoms with Crippen LogP contribution in [-0.2, 0) is 27.5 Å². The molecule has 2 amide bonds. The van der Waals surface area contributed by atoms with E-state index in [9.17, 15) is 24.6 Å². The smallest absolute Gasteiger partial charge is 0.303 e. The average molecular weight is 550 g/mol. The van der Waals surface area contributed by atoms with Crippen molar-refractivity contribution in [3.8, 4) is 23.8 Å². The molecule has 0 bridgehead atoms. The molecule has 5 rings (SSSR count). The molecule has 2 aromatic carbocycles. The lowest BCUT2D eigenvalue weighted by atomic mass is 10.0. The summed E-state index contributed by atoms with van der Waals surface area (Å²) in [5.41, 5.74) is 1.72. The molecule has 12 nitrogen and oxygen atoms in total. The molecule has 2 fully saturated rings. The Bertz CT molecular complexity index is 1300. The van der Waals surface area contributed by atoms with E-state index < -0.39 is 24.5 Å².